The predicted octanol–water partition coefficient (Wildman–Crippen LogP) is 5.50. The summed E-state index contributed by atoms with van der Waals surface area (Å²) in [5.41, 5.74) is 3.00. The first kappa shape index (κ1) is 20.4. The maximum Gasteiger partial charge on any atom is 0.223 e. The van der Waals surface area contributed by atoms with Crippen molar-refractivity contribution in [2.24, 2.45) is 5.92 Å². The molecule has 1 N–H and O–H groups in total. The van der Waals surface area contributed by atoms with Gasteiger partial charge in [0.25, 0.3) is 0 Å². The molecule has 0 radical (unpaired) electrons. The van der Waals surface area contributed by atoms with Crippen LogP contribution in [-0.4, -0.2) is 32.7 Å². The zero-order valence-corrected chi connectivity index (χ0v) is 17.0. The van der Waals surface area contributed by atoms with Crippen LogP contribution in [0.1, 0.15) is 38.5 Å². The van der Waals surface area contributed by atoms with Crippen molar-refractivity contribution in [2.75, 3.05) is 18.5 Å². The number of imidazole rings is 1. The van der Waals surface area contributed by atoms with Crippen LogP contribution in [0.5, 0.6) is 0 Å². The van der Waals surface area contributed by atoms with E-state index in [1.54, 1.807) is 24.7 Å². The van der Waals surface area contributed by atoms with Gasteiger partial charge in [-0.3, -0.25) is 4.39 Å². The van der Waals surface area contributed by atoms with Gasteiger partial charge in [-0.2, -0.15) is 0 Å². The lowest BCUT2D eigenvalue weighted by molar-refractivity contribution is 0.373. The van der Waals surface area contributed by atoms with Gasteiger partial charge in [0, 0.05) is 24.8 Å². The van der Waals surface area contributed by atoms with Crippen LogP contribution in [0.15, 0.2) is 42.9 Å². The Labute approximate surface area is 175 Å². The van der Waals surface area contributed by atoms with E-state index < -0.39 is 6.67 Å². The van der Waals surface area contributed by atoms with Gasteiger partial charge in [-0.05, 0) is 55.5 Å². The molecule has 2 aromatic heterocycles. The molecule has 0 aliphatic heterocycles. The number of hydrogen-bond donors (Lipinski definition) is 1. The normalized spacial score (nSPS) is 14.7. The number of anilines is 1. The topological polar surface area (TPSA) is 55.6 Å². The fourth-order valence-corrected chi connectivity index (χ4v) is 4.07. The van der Waals surface area contributed by atoms with E-state index in [1.165, 1.54) is 44.2 Å². The van der Waals surface area contributed by atoms with E-state index in [2.05, 4.69) is 15.3 Å². The second kappa shape index (κ2) is 9.78. The summed E-state index contributed by atoms with van der Waals surface area (Å²) in [5, 5.41) is 3.38. The molecule has 0 bridgehead atoms. The van der Waals surface area contributed by atoms with Crippen molar-refractivity contribution in [3.05, 3.63) is 48.7 Å². The quantitative estimate of drug-likeness (QED) is 0.532. The number of nitrogens with one attached hydrogen (secondary N) is 1. The molecule has 1 aromatic carbocycles. The minimum atomic E-state index is -0.401. The fourth-order valence-electron chi connectivity index (χ4n) is 4.07. The Morgan fingerprint density at radius 1 is 1.03 bits per heavy atom. The third-order valence-electron chi connectivity index (χ3n) is 5.66. The molecule has 7 heteroatoms. The van der Waals surface area contributed by atoms with Crippen molar-refractivity contribution in [3.8, 4) is 22.6 Å². The van der Waals surface area contributed by atoms with Crippen molar-refractivity contribution in [2.45, 2.75) is 45.1 Å². The molecule has 1 aliphatic carbocycles. The van der Waals surface area contributed by atoms with Gasteiger partial charge < -0.3 is 9.88 Å². The summed E-state index contributed by atoms with van der Waals surface area (Å²) in [6.07, 6.45) is 10.2. The highest BCUT2D eigenvalue weighted by atomic mass is 19.1. The van der Waals surface area contributed by atoms with Crippen LogP contribution in [0.3, 0.4) is 0 Å². The summed E-state index contributed by atoms with van der Waals surface area (Å²) in [7, 11) is 0. The maximum atomic E-state index is 13.4. The van der Waals surface area contributed by atoms with Gasteiger partial charge in [0.05, 0.1) is 30.1 Å². The molecule has 2 heterocycles. The molecule has 0 spiro atoms. The molecule has 30 heavy (non-hydrogen) atoms. The van der Waals surface area contributed by atoms with Gasteiger partial charge in [-0.1, -0.05) is 19.3 Å². The lowest BCUT2D eigenvalue weighted by Crippen LogP contribution is -2.18. The molecule has 0 saturated heterocycles. The minimum Gasteiger partial charge on any atom is -0.354 e. The second-order valence-electron chi connectivity index (χ2n) is 7.84. The number of benzene rings is 1. The van der Waals surface area contributed by atoms with Crippen LogP contribution in [0, 0.1) is 11.7 Å². The fraction of sp³-hybridized carbons (Fsp3) is 0.435. The molecule has 0 unspecified atom stereocenters. The standard InChI is InChI=1S/C23H27F2N5/c24-12-4-14-30-16-28-21(18-7-9-19(25)10-8-18)22(30)20-11-13-26-23(29-20)27-15-17-5-2-1-3-6-17/h7-11,13,16-17H,1-6,12,14-15H2,(H,26,27,29). The summed E-state index contributed by atoms with van der Waals surface area (Å²) in [5.74, 6) is 0.950. The zero-order chi connectivity index (χ0) is 20.8. The summed E-state index contributed by atoms with van der Waals surface area (Å²) in [6.45, 7) is 0.964. The predicted molar refractivity (Wildman–Crippen MR) is 114 cm³/mol. The Balaban J connectivity index is 1.62. The first-order valence-electron chi connectivity index (χ1n) is 10.7. The third kappa shape index (κ3) is 4.83. The van der Waals surface area contributed by atoms with Crippen LogP contribution < -0.4 is 5.32 Å². The molecule has 1 fully saturated rings. The zero-order valence-electron chi connectivity index (χ0n) is 17.0. The Morgan fingerprint density at radius 2 is 1.83 bits per heavy atom. The Bertz CT molecular complexity index is 948. The van der Waals surface area contributed by atoms with E-state index in [0.29, 0.717) is 36.2 Å². The van der Waals surface area contributed by atoms with E-state index in [-0.39, 0.29) is 5.82 Å². The van der Waals surface area contributed by atoms with E-state index in [4.69, 9.17) is 4.98 Å². The molecular weight excluding hydrogens is 384 g/mol. The molecule has 4 rings (SSSR count). The van der Waals surface area contributed by atoms with Gasteiger partial charge in [0.2, 0.25) is 5.95 Å². The number of halogens is 2. The Morgan fingerprint density at radius 3 is 2.60 bits per heavy atom. The lowest BCUT2D eigenvalue weighted by atomic mass is 9.89. The molecule has 1 saturated carbocycles. The number of nitrogens with zero attached hydrogens (tertiary/aromatic N) is 4. The summed E-state index contributed by atoms with van der Waals surface area (Å²) in [6, 6.07) is 8.06. The van der Waals surface area contributed by atoms with Crippen molar-refractivity contribution in [1.82, 2.24) is 19.5 Å². The molecule has 3 aromatic rings. The van der Waals surface area contributed by atoms with E-state index in [9.17, 15) is 8.78 Å². The van der Waals surface area contributed by atoms with Crippen LogP contribution in [0.2, 0.25) is 0 Å². The minimum absolute atomic E-state index is 0.298. The van der Waals surface area contributed by atoms with Crippen LogP contribution in [0.4, 0.5) is 14.7 Å². The SMILES string of the molecule is FCCCn1cnc(-c2ccc(F)cc2)c1-c1ccnc(NCC2CCCCC2)n1. The number of alkyl halides is 1. The largest absolute Gasteiger partial charge is 0.354 e. The molecular formula is C23H27F2N5. The van der Waals surface area contributed by atoms with E-state index in [1.807, 2.05) is 10.6 Å². The van der Waals surface area contributed by atoms with Crippen molar-refractivity contribution < 1.29 is 8.78 Å². The van der Waals surface area contributed by atoms with Crippen LogP contribution in [0.25, 0.3) is 22.6 Å². The number of aromatic nitrogens is 4. The average Bonchev–Trinajstić information content (AvgIpc) is 3.21. The van der Waals surface area contributed by atoms with Crippen molar-refractivity contribution >= 4 is 5.95 Å². The Hall–Kier alpha value is -2.83. The van der Waals surface area contributed by atoms with Gasteiger partial charge in [0.15, 0.2) is 0 Å². The van der Waals surface area contributed by atoms with Crippen LogP contribution in [-0.2, 0) is 6.54 Å². The van der Waals surface area contributed by atoms with Crippen LogP contribution >= 0.6 is 0 Å². The van der Waals surface area contributed by atoms with Crippen molar-refractivity contribution in [3.63, 3.8) is 0 Å². The summed E-state index contributed by atoms with van der Waals surface area (Å²) >= 11 is 0. The molecule has 158 valence electrons. The first-order valence-corrected chi connectivity index (χ1v) is 10.7. The number of rotatable bonds is 8. The highest BCUT2D eigenvalue weighted by molar-refractivity contribution is 5.77. The van der Waals surface area contributed by atoms with E-state index >= 15 is 0 Å². The molecule has 5 nitrogen and oxygen atoms in total. The lowest BCUT2D eigenvalue weighted by Gasteiger charge is -2.21. The highest BCUT2D eigenvalue weighted by Crippen LogP contribution is 2.31. The first-order chi connectivity index (χ1) is 14.7. The number of hydrogen-bond acceptors (Lipinski definition) is 4. The molecule has 0 atom stereocenters. The summed E-state index contributed by atoms with van der Waals surface area (Å²) < 4.78 is 28.1. The van der Waals surface area contributed by atoms with Gasteiger partial charge in [-0.25, -0.2) is 19.3 Å². The highest BCUT2D eigenvalue weighted by Gasteiger charge is 2.18. The smallest absolute Gasteiger partial charge is 0.223 e. The monoisotopic (exact) mass is 411 g/mol. The Kier molecular flexibility index (Phi) is 6.67. The van der Waals surface area contributed by atoms with Gasteiger partial charge >= 0.3 is 0 Å². The molecule has 0 amide bonds. The number of aryl methyl sites for hydroxylation is 1. The van der Waals surface area contributed by atoms with Gasteiger partial charge in [0.1, 0.15) is 5.82 Å². The van der Waals surface area contributed by atoms with Crippen molar-refractivity contribution in [1.29, 1.82) is 0 Å². The van der Waals surface area contributed by atoms with Gasteiger partial charge in [-0.15, -0.1) is 0 Å². The third-order valence-corrected chi connectivity index (χ3v) is 5.66. The second-order valence-corrected chi connectivity index (χ2v) is 7.84. The summed E-state index contributed by atoms with van der Waals surface area (Å²) in [4.78, 5) is 13.6. The maximum absolute atomic E-state index is 13.4. The average molecular weight is 412 g/mol. The molecule has 1 aliphatic rings. The van der Waals surface area contributed by atoms with E-state index in [0.717, 1.165) is 17.8 Å².